The maximum absolute atomic E-state index is 9.48. The van der Waals surface area contributed by atoms with Crippen LogP contribution in [-0.2, 0) is 0 Å². The third-order valence-corrected chi connectivity index (χ3v) is 3.03. The Morgan fingerprint density at radius 3 is 2.50 bits per heavy atom. The van der Waals surface area contributed by atoms with Crippen molar-refractivity contribution in [1.29, 1.82) is 5.26 Å². The Hall–Kier alpha value is -0.550. The molecule has 10 heavy (non-hydrogen) atoms. The summed E-state index contributed by atoms with van der Waals surface area (Å²) in [5.74, 6) is 0.929. The number of nitrogens with zero attached hydrogens (tertiary/aromatic N) is 1. The molecule has 0 unspecified atom stereocenters. The van der Waals surface area contributed by atoms with Crippen molar-refractivity contribution in [2.24, 2.45) is 17.8 Å². The molecule has 1 N–H and O–H groups in total. The predicted molar refractivity (Wildman–Crippen MR) is 35.9 cm³/mol. The third kappa shape index (κ3) is 0.615. The predicted octanol–water partition coefficient (Wildman–Crippen LogP) is 0.917. The standard InChI is InChI=1S/C8H11NO/c9-4-6-3-5-1-2-7(6)8(5)10/h5-8,10H,1-3H2/t5-,6-,7+,8+/m1/s1. The van der Waals surface area contributed by atoms with Crippen LogP contribution < -0.4 is 0 Å². The molecule has 2 rings (SSSR count). The average Bonchev–Trinajstić information content (AvgIpc) is 2.46. The molecule has 2 aliphatic rings. The van der Waals surface area contributed by atoms with Gasteiger partial charge in [0.1, 0.15) is 0 Å². The van der Waals surface area contributed by atoms with Gasteiger partial charge in [0, 0.05) is 5.92 Å². The van der Waals surface area contributed by atoms with Crippen LogP contribution in [0.5, 0.6) is 0 Å². The summed E-state index contributed by atoms with van der Waals surface area (Å²) >= 11 is 0. The van der Waals surface area contributed by atoms with Gasteiger partial charge in [-0.2, -0.15) is 5.26 Å². The first-order valence-corrected chi connectivity index (χ1v) is 3.90. The van der Waals surface area contributed by atoms with E-state index in [1.54, 1.807) is 0 Å². The SMILES string of the molecule is N#C[C@H]1C[C@H]2CC[C@@H]1[C@H]2O. The number of hydrogen-bond donors (Lipinski definition) is 1. The fraction of sp³-hybridized carbons (Fsp3) is 0.875. The van der Waals surface area contributed by atoms with E-state index in [1.165, 1.54) is 0 Å². The zero-order chi connectivity index (χ0) is 7.14. The fourth-order valence-electron chi connectivity index (χ4n) is 2.44. The molecule has 2 fully saturated rings. The van der Waals surface area contributed by atoms with Gasteiger partial charge in [0.05, 0.1) is 18.1 Å². The molecule has 2 heteroatoms. The van der Waals surface area contributed by atoms with Crippen molar-refractivity contribution in [2.45, 2.75) is 25.4 Å². The first kappa shape index (κ1) is 6.18. The first-order chi connectivity index (χ1) is 4.83. The van der Waals surface area contributed by atoms with Gasteiger partial charge in [0.15, 0.2) is 0 Å². The Kier molecular flexibility index (Phi) is 1.21. The number of aliphatic hydroxyl groups is 1. The van der Waals surface area contributed by atoms with Crippen molar-refractivity contribution in [3.05, 3.63) is 0 Å². The van der Waals surface area contributed by atoms with Gasteiger partial charge in [-0.05, 0) is 25.2 Å². The van der Waals surface area contributed by atoms with Crippen molar-refractivity contribution in [2.75, 3.05) is 0 Å². The van der Waals surface area contributed by atoms with E-state index in [2.05, 4.69) is 6.07 Å². The van der Waals surface area contributed by atoms with Crippen molar-refractivity contribution < 1.29 is 5.11 Å². The molecule has 0 spiro atoms. The summed E-state index contributed by atoms with van der Waals surface area (Å²) in [5, 5.41) is 18.1. The summed E-state index contributed by atoms with van der Waals surface area (Å²) in [5.41, 5.74) is 0. The molecule has 2 aliphatic carbocycles. The maximum Gasteiger partial charge on any atom is 0.0659 e. The minimum absolute atomic E-state index is 0.148. The second-order valence-corrected chi connectivity index (χ2v) is 3.46. The lowest BCUT2D eigenvalue weighted by Crippen LogP contribution is -2.14. The smallest absolute Gasteiger partial charge is 0.0659 e. The molecule has 54 valence electrons. The average molecular weight is 137 g/mol. The first-order valence-electron chi connectivity index (χ1n) is 3.90. The minimum Gasteiger partial charge on any atom is -0.393 e. The van der Waals surface area contributed by atoms with E-state index < -0.39 is 0 Å². The van der Waals surface area contributed by atoms with E-state index in [0.717, 1.165) is 19.3 Å². The normalized spacial score (nSPS) is 51.2. The van der Waals surface area contributed by atoms with Gasteiger partial charge in [-0.25, -0.2) is 0 Å². The lowest BCUT2D eigenvalue weighted by molar-refractivity contribution is 0.124. The maximum atomic E-state index is 9.48. The highest BCUT2D eigenvalue weighted by molar-refractivity contribution is 5.04. The molecular weight excluding hydrogens is 126 g/mol. The number of fused-ring (bicyclic) bond motifs is 2. The molecule has 2 nitrogen and oxygen atoms in total. The molecule has 0 amide bonds. The van der Waals surface area contributed by atoms with Crippen LogP contribution in [0.25, 0.3) is 0 Å². The van der Waals surface area contributed by atoms with Crippen molar-refractivity contribution in [3.8, 4) is 6.07 Å². The number of rotatable bonds is 0. The molecule has 0 aliphatic heterocycles. The van der Waals surface area contributed by atoms with Crippen LogP contribution in [0.3, 0.4) is 0 Å². The molecule has 0 aromatic heterocycles. The molecule has 0 aromatic carbocycles. The van der Waals surface area contributed by atoms with Crippen LogP contribution in [0.1, 0.15) is 19.3 Å². The number of aliphatic hydroxyl groups excluding tert-OH is 1. The van der Waals surface area contributed by atoms with Gasteiger partial charge in [0.2, 0.25) is 0 Å². The second-order valence-electron chi connectivity index (χ2n) is 3.46. The zero-order valence-electron chi connectivity index (χ0n) is 5.83. The fourth-order valence-corrected chi connectivity index (χ4v) is 2.44. The summed E-state index contributed by atoms with van der Waals surface area (Å²) in [6, 6.07) is 2.27. The quantitative estimate of drug-likeness (QED) is 0.539. The van der Waals surface area contributed by atoms with E-state index in [0.29, 0.717) is 11.8 Å². The van der Waals surface area contributed by atoms with Crippen molar-refractivity contribution >= 4 is 0 Å². The monoisotopic (exact) mass is 137 g/mol. The molecule has 2 saturated carbocycles. The lowest BCUT2D eigenvalue weighted by atomic mass is 9.90. The van der Waals surface area contributed by atoms with E-state index >= 15 is 0 Å². The highest BCUT2D eigenvalue weighted by Gasteiger charge is 2.47. The summed E-state index contributed by atoms with van der Waals surface area (Å²) in [7, 11) is 0. The van der Waals surface area contributed by atoms with Crippen LogP contribution in [0.2, 0.25) is 0 Å². The Bertz CT molecular complexity index is 184. The topological polar surface area (TPSA) is 44.0 Å². The molecule has 2 bridgehead atoms. The van der Waals surface area contributed by atoms with Gasteiger partial charge in [-0.15, -0.1) is 0 Å². The minimum atomic E-state index is -0.148. The number of nitriles is 1. The van der Waals surface area contributed by atoms with E-state index in [-0.39, 0.29) is 12.0 Å². The second kappa shape index (κ2) is 1.96. The summed E-state index contributed by atoms with van der Waals surface area (Å²) in [4.78, 5) is 0. The van der Waals surface area contributed by atoms with Crippen LogP contribution in [-0.4, -0.2) is 11.2 Å². The molecule has 0 aromatic rings. The number of hydrogen-bond acceptors (Lipinski definition) is 2. The Morgan fingerprint density at radius 1 is 1.40 bits per heavy atom. The van der Waals surface area contributed by atoms with E-state index in [9.17, 15) is 5.11 Å². The van der Waals surface area contributed by atoms with Crippen LogP contribution in [0, 0.1) is 29.1 Å². The van der Waals surface area contributed by atoms with Gasteiger partial charge in [-0.3, -0.25) is 0 Å². The van der Waals surface area contributed by atoms with Crippen molar-refractivity contribution in [1.82, 2.24) is 0 Å². The zero-order valence-corrected chi connectivity index (χ0v) is 5.83. The molecule has 0 radical (unpaired) electrons. The van der Waals surface area contributed by atoms with Gasteiger partial charge < -0.3 is 5.11 Å². The summed E-state index contributed by atoms with van der Waals surface area (Å²) < 4.78 is 0. The summed E-state index contributed by atoms with van der Waals surface area (Å²) in [6.45, 7) is 0. The van der Waals surface area contributed by atoms with Gasteiger partial charge in [0.25, 0.3) is 0 Å². The Balaban J connectivity index is 2.17. The summed E-state index contributed by atoms with van der Waals surface area (Å²) in [6.07, 6.45) is 3.01. The van der Waals surface area contributed by atoms with Crippen LogP contribution in [0.4, 0.5) is 0 Å². The third-order valence-electron chi connectivity index (χ3n) is 3.03. The Morgan fingerprint density at radius 2 is 2.20 bits per heavy atom. The highest BCUT2D eigenvalue weighted by atomic mass is 16.3. The van der Waals surface area contributed by atoms with E-state index in [1.807, 2.05) is 0 Å². The van der Waals surface area contributed by atoms with Gasteiger partial charge >= 0.3 is 0 Å². The Labute approximate surface area is 60.5 Å². The van der Waals surface area contributed by atoms with Crippen LogP contribution >= 0.6 is 0 Å². The molecule has 0 saturated heterocycles. The van der Waals surface area contributed by atoms with Crippen LogP contribution in [0.15, 0.2) is 0 Å². The lowest BCUT2D eigenvalue weighted by Gasteiger charge is -2.12. The molecule has 4 atom stereocenters. The van der Waals surface area contributed by atoms with Gasteiger partial charge in [-0.1, -0.05) is 0 Å². The van der Waals surface area contributed by atoms with E-state index in [4.69, 9.17) is 5.26 Å². The molecule has 0 heterocycles. The molecular formula is C8H11NO. The largest absolute Gasteiger partial charge is 0.393 e. The highest BCUT2D eigenvalue weighted by Crippen LogP contribution is 2.47. The van der Waals surface area contributed by atoms with Crippen molar-refractivity contribution in [3.63, 3.8) is 0 Å².